The molecular weight excluding hydrogens is 583 g/mol. The van der Waals surface area contributed by atoms with E-state index in [1.54, 1.807) is 21.6 Å². The molecule has 1 fully saturated rings. The molecule has 0 bridgehead atoms. The van der Waals surface area contributed by atoms with E-state index in [-0.39, 0.29) is 33.7 Å². The van der Waals surface area contributed by atoms with Crippen molar-refractivity contribution in [1.29, 1.82) is 0 Å². The van der Waals surface area contributed by atoms with E-state index < -0.39 is 5.69 Å². The second-order valence-corrected chi connectivity index (χ2v) is 11.6. The van der Waals surface area contributed by atoms with Crippen LogP contribution in [0.1, 0.15) is 32.3 Å². The van der Waals surface area contributed by atoms with Gasteiger partial charge in [0.05, 0.1) is 21.2 Å². The summed E-state index contributed by atoms with van der Waals surface area (Å²) in [7, 11) is 0. The zero-order valence-electron chi connectivity index (χ0n) is 22.9. The Morgan fingerprint density at radius 3 is 2.49 bits per heavy atom. The number of fused-ring (bicyclic) bond motifs is 1. The van der Waals surface area contributed by atoms with E-state index in [4.69, 9.17) is 34.8 Å². The molecule has 5 rings (SSSR count). The van der Waals surface area contributed by atoms with E-state index in [0.29, 0.717) is 58.2 Å². The molecule has 0 unspecified atom stereocenters. The first-order valence-electron chi connectivity index (χ1n) is 13.2. The van der Waals surface area contributed by atoms with Gasteiger partial charge in [-0.3, -0.25) is 9.36 Å². The molecule has 2 heterocycles. The van der Waals surface area contributed by atoms with Crippen LogP contribution in [0, 0.1) is 0 Å². The van der Waals surface area contributed by atoms with Gasteiger partial charge in [-0.05, 0) is 48.7 Å². The summed E-state index contributed by atoms with van der Waals surface area (Å²) in [5.74, 6) is 0.415. The quantitative estimate of drug-likeness (QED) is 0.244. The van der Waals surface area contributed by atoms with Crippen LogP contribution in [-0.2, 0) is 4.79 Å². The predicted octanol–water partition coefficient (Wildman–Crippen LogP) is 7.07. The van der Waals surface area contributed by atoms with Gasteiger partial charge >= 0.3 is 5.69 Å². The fraction of sp³-hybridized carbons (Fsp3) is 0.258. The number of halogens is 3. The maximum atomic E-state index is 13.9. The van der Waals surface area contributed by atoms with Crippen LogP contribution in [0.4, 0.5) is 5.82 Å². The number of carbonyl (C=O) groups is 1. The number of aromatic nitrogens is 2. The highest BCUT2D eigenvalue weighted by Crippen LogP contribution is 2.43. The summed E-state index contributed by atoms with van der Waals surface area (Å²) in [6.45, 7) is 11.1. The summed E-state index contributed by atoms with van der Waals surface area (Å²) in [6.07, 6.45) is 1.31. The van der Waals surface area contributed by atoms with Crippen molar-refractivity contribution in [3.63, 3.8) is 0 Å². The van der Waals surface area contributed by atoms with Gasteiger partial charge in [0.1, 0.15) is 11.6 Å². The number of para-hydroxylation sites is 1. The number of carbonyl (C=O) groups excluding carboxylic acids is 1. The zero-order valence-corrected chi connectivity index (χ0v) is 25.1. The summed E-state index contributed by atoms with van der Waals surface area (Å²) in [5, 5.41) is 11.7. The second kappa shape index (κ2) is 11.4. The summed E-state index contributed by atoms with van der Waals surface area (Å²) < 4.78 is 1.59. The number of nitrogens with zero attached hydrogens (tertiary/aromatic N) is 4. The van der Waals surface area contributed by atoms with Crippen LogP contribution < -0.4 is 10.6 Å². The van der Waals surface area contributed by atoms with Crippen molar-refractivity contribution >= 4 is 57.4 Å². The van der Waals surface area contributed by atoms with Gasteiger partial charge < -0.3 is 14.9 Å². The minimum Gasteiger partial charge on any atom is -0.508 e. The highest BCUT2D eigenvalue weighted by molar-refractivity contribution is 6.44. The molecule has 3 aromatic carbocycles. The molecule has 0 spiro atoms. The van der Waals surface area contributed by atoms with E-state index in [0.717, 1.165) is 5.56 Å². The normalized spacial score (nSPS) is 15.5. The Labute approximate surface area is 253 Å². The minimum atomic E-state index is -0.453. The number of rotatable bonds is 5. The van der Waals surface area contributed by atoms with Crippen molar-refractivity contribution in [2.75, 3.05) is 24.5 Å². The molecule has 4 aromatic rings. The maximum Gasteiger partial charge on any atom is 0.354 e. The third-order valence-electron chi connectivity index (χ3n) is 7.45. The monoisotopic (exact) mass is 610 g/mol. The lowest BCUT2D eigenvalue weighted by Gasteiger charge is -2.40. The van der Waals surface area contributed by atoms with E-state index in [1.165, 1.54) is 18.2 Å². The summed E-state index contributed by atoms with van der Waals surface area (Å²) in [4.78, 5) is 34.6. The Hall–Kier alpha value is -3.52. The van der Waals surface area contributed by atoms with Crippen LogP contribution in [0.5, 0.6) is 5.75 Å². The maximum absolute atomic E-state index is 13.9. The first kappa shape index (κ1) is 29.0. The van der Waals surface area contributed by atoms with Crippen LogP contribution in [0.2, 0.25) is 15.1 Å². The Bertz CT molecular complexity index is 1750. The molecule has 212 valence electrons. The molecular formula is C31H29Cl3N4O3. The smallest absolute Gasteiger partial charge is 0.354 e. The Morgan fingerprint density at radius 2 is 1.80 bits per heavy atom. The average molecular weight is 612 g/mol. The molecule has 1 aromatic heterocycles. The fourth-order valence-electron chi connectivity index (χ4n) is 5.44. The van der Waals surface area contributed by atoms with Crippen LogP contribution in [-0.4, -0.2) is 51.1 Å². The molecule has 1 saturated heterocycles. The number of piperazine rings is 1. The Morgan fingerprint density at radius 1 is 1.07 bits per heavy atom. The van der Waals surface area contributed by atoms with Crippen molar-refractivity contribution in [3.8, 4) is 22.6 Å². The third kappa shape index (κ3) is 5.30. The Kier molecular flexibility index (Phi) is 8.06. The highest BCUT2D eigenvalue weighted by atomic mass is 35.5. The van der Waals surface area contributed by atoms with Gasteiger partial charge in [-0.1, -0.05) is 73.4 Å². The number of hydrogen-bond acceptors (Lipinski definition) is 5. The van der Waals surface area contributed by atoms with Crippen LogP contribution in [0.25, 0.3) is 27.7 Å². The average Bonchev–Trinajstić information content (AvgIpc) is 2.94. The topological polar surface area (TPSA) is 78.7 Å². The number of anilines is 1. The second-order valence-electron chi connectivity index (χ2n) is 10.4. The molecule has 0 aliphatic carbocycles. The van der Waals surface area contributed by atoms with Gasteiger partial charge in [-0.25, -0.2) is 4.79 Å². The van der Waals surface area contributed by atoms with Crippen molar-refractivity contribution in [1.82, 2.24) is 14.5 Å². The van der Waals surface area contributed by atoms with Crippen LogP contribution in [0.15, 0.2) is 66.0 Å². The fourth-order valence-corrected chi connectivity index (χ4v) is 6.13. The lowest BCUT2D eigenvalue weighted by molar-refractivity contribution is -0.126. The first-order valence-corrected chi connectivity index (χ1v) is 14.4. The number of benzene rings is 3. The van der Waals surface area contributed by atoms with E-state index in [1.807, 2.05) is 36.1 Å². The zero-order chi connectivity index (χ0) is 29.6. The number of phenols is 1. The number of amides is 1. The molecule has 0 radical (unpaired) electrons. The Balaban J connectivity index is 1.81. The van der Waals surface area contributed by atoms with Gasteiger partial charge in [0.25, 0.3) is 0 Å². The minimum absolute atomic E-state index is 0.0655. The summed E-state index contributed by atoms with van der Waals surface area (Å²) >= 11 is 19.7. The standard InChI is InChI=1S/C31H29Cl3N4O3/c1-5-28(40)36-10-11-37(18(4)16-36)30-23-14-24(32)21(22-12-19(39)13-25(33)29(22)34)15-27(23)38(31(41)35-30)26-9-7-6-8-20(26)17(2)3/h5-9,12-15,17-18,39H,1,10-11,16H2,2-4H3/t18-/m0/s1. The van der Waals surface area contributed by atoms with Gasteiger partial charge in [0.2, 0.25) is 5.91 Å². The van der Waals surface area contributed by atoms with E-state index in [2.05, 4.69) is 25.4 Å². The lowest BCUT2D eigenvalue weighted by atomic mass is 9.99. The molecule has 1 N–H and O–H groups in total. The third-order valence-corrected chi connectivity index (χ3v) is 8.56. The summed E-state index contributed by atoms with van der Waals surface area (Å²) in [5.41, 5.74) is 2.74. The largest absolute Gasteiger partial charge is 0.508 e. The van der Waals surface area contributed by atoms with Crippen molar-refractivity contribution in [3.05, 3.63) is 92.3 Å². The highest BCUT2D eigenvalue weighted by Gasteiger charge is 2.29. The van der Waals surface area contributed by atoms with E-state index >= 15 is 0 Å². The summed E-state index contributed by atoms with van der Waals surface area (Å²) in [6, 6.07) is 14.0. The van der Waals surface area contributed by atoms with E-state index in [9.17, 15) is 14.7 Å². The van der Waals surface area contributed by atoms with Crippen molar-refractivity contribution < 1.29 is 9.90 Å². The molecule has 1 atom stereocenters. The number of aromatic hydroxyl groups is 1. The lowest BCUT2D eigenvalue weighted by Crippen LogP contribution is -2.54. The predicted molar refractivity (Wildman–Crippen MR) is 167 cm³/mol. The van der Waals surface area contributed by atoms with Crippen LogP contribution >= 0.6 is 34.8 Å². The molecule has 1 aliphatic rings. The molecule has 1 amide bonds. The SMILES string of the molecule is C=CC(=O)N1CCN(c2nc(=O)n(-c3ccccc3C(C)C)c3cc(-c4cc(O)cc(Cl)c4Cl)c(Cl)cc23)[C@@H](C)C1. The number of hydrogen-bond donors (Lipinski definition) is 1. The molecule has 7 nitrogen and oxygen atoms in total. The van der Waals surface area contributed by atoms with Gasteiger partial charge in [0, 0.05) is 53.3 Å². The first-order chi connectivity index (χ1) is 19.5. The molecule has 10 heteroatoms. The van der Waals surface area contributed by atoms with Gasteiger partial charge in [-0.15, -0.1) is 0 Å². The van der Waals surface area contributed by atoms with Crippen molar-refractivity contribution in [2.24, 2.45) is 0 Å². The molecule has 0 saturated carbocycles. The van der Waals surface area contributed by atoms with Crippen LogP contribution in [0.3, 0.4) is 0 Å². The number of phenolic OH excluding ortho intramolecular Hbond substituents is 1. The van der Waals surface area contributed by atoms with Gasteiger partial charge in [0.15, 0.2) is 0 Å². The van der Waals surface area contributed by atoms with Crippen molar-refractivity contribution in [2.45, 2.75) is 32.7 Å². The van der Waals surface area contributed by atoms with Gasteiger partial charge in [-0.2, -0.15) is 4.98 Å². The molecule has 41 heavy (non-hydrogen) atoms. The molecule has 1 aliphatic heterocycles.